The van der Waals surface area contributed by atoms with Crippen LogP contribution < -0.4 is 14.8 Å². The van der Waals surface area contributed by atoms with Gasteiger partial charge in [0.05, 0.1) is 17.9 Å². The largest absolute Gasteiger partial charge is 0.490 e. The summed E-state index contributed by atoms with van der Waals surface area (Å²) in [4.78, 5) is 38.5. The number of carbonyl (C=O) groups excluding carboxylic acids is 3. The van der Waals surface area contributed by atoms with E-state index in [9.17, 15) is 18.8 Å². The third-order valence-corrected chi connectivity index (χ3v) is 5.31. The summed E-state index contributed by atoms with van der Waals surface area (Å²) in [7, 11) is 0. The number of benzene rings is 2. The second-order valence-corrected chi connectivity index (χ2v) is 8.01. The van der Waals surface area contributed by atoms with E-state index in [2.05, 4.69) is 5.32 Å². The fourth-order valence-electron chi connectivity index (χ4n) is 3.39. The van der Waals surface area contributed by atoms with Crippen LogP contribution in [0.1, 0.15) is 36.5 Å². The topological polar surface area (TPSA) is 94.2 Å². The smallest absolute Gasteiger partial charge is 0.338 e. The Kier molecular flexibility index (Phi) is 9.09. The summed E-state index contributed by atoms with van der Waals surface area (Å²) < 4.78 is 30.0. The highest BCUT2D eigenvalue weighted by Crippen LogP contribution is 2.29. The molecule has 1 N–H and O–H groups in total. The average molecular weight is 493 g/mol. The minimum atomic E-state index is -0.774. The molecule has 2 amide bonds. The Bertz CT molecular complexity index is 1040. The van der Waals surface area contributed by atoms with E-state index in [1.165, 1.54) is 30.3 Å². The third kappa shape index (κ3) is 7.08. The quantitative estimate of drug-likeness (QED) is 0.530. The van der Waals surface area contributed by atoms with E-state index in [1.54, 1.807) is 11.8 Å². The van der Waals surface area contributed by atoms with Crippen LogP contribution in [0, 0.1) is 5.82 Å². The van der Waals surface area contributed by atoms with E-state index < -0.39 is 24.3 Å². The second kappa shape index (κ2) is 12.2. The molecular weight excluding hydrogens is 467 g/mol. The van der Waals surface area contributed by atoms with Gasteiger partial charge >= 0.3 is 5.97 Å². The van der Waals surface area contributed by atoms with Gasteiger partial charge in [0, 0.05) is 18.1 Å². The maximum absolute atomic E-state index is 13.8. The van der Waals surface area contributed by atoms with Crippen molar-refractivity contribution in [3.8, 4) is 11.5 Å². The lowest BCUT2D eigenvalue weighted by Crippen LogP contribution is -2.38. The van der Waals surface area contributed by atoms with Gasteiger partial charge in [0.25, 0.3) is 11.8 Å². The van der Waals surface area contributed by atoms with Crippen LogP contribution in [0.5, 0.6) is 11.5 Å². The highest BCUT2D eigenvalue weighted by molar-refractivity contribution is 6.30. The van der Waals surface area contributed by atoms with E-state index in [4.69, 9.17) is 25.8 Å². The van der Waals surface area contributed by atoms with Gasteiger partial charge in [-0.05, 0) is 62.6 Å². The number of amides is 2. The molecule has 2 aromatic rings. The van der Waals surface area contributed by atoms with E-state index in [-0.39, 0.29) is 34.5 Å². The number of halogens is 2. The van der Waals surface area contributed by atoms with Crippen molar-refractivity contribution in [1.29, 1.82) is 0 Å². The zero-order valence-corrected chi connectivity index (χ0v) is 19.5. The SMILES string of the molecule is CCOc1cc(C(=O)OCC(=O)Nc2ccc(Cl)cc2F)ccc1OCC(=O)N1CCCCC1. The highest BCUT2D eigenvalue weighted by atomic mass is 35.5. The summed E-state index contributed by atoms with van der Waals surface area (Å²) in [5, 5.41) is 2.50. The number of esters is 1. The van der Waals surface area contributed by atoms with Crippen LogP contribution in [0.4, 0.5) is 10.1 Å². The molecule has 1 fully saturated rings. The number of anilines is 1. The fraction of sp³-hybridized carbons (Fsp3) is 0.375. The minimum absolute atomic E-state index is 0.0790. The minimum Gasteiger partial charge on any atom is -0.490 e. The van der Waals surface area contributed by atoms with Crippen molar-refractivity contribution in [2.45, 2.75) is 26.2 Å². The molecule has 1 aliphatic heterocycles. The Hall–Kier alpha value is -3.33. The Morgan fingerprint density at radius 3 is 2.47 bits per heavy atom. The Labute approximate surface area is 201 Å². The van der Waals surface area contributed by atoms with Gasteiger partial charge in [-0.25, -0.2) is 9.18 Å². The number of carbonyl (C=O) groups is 3. The first-order chi connectivity index (χ1) is 16.4. The van der Waals surface area contributed by atoms with Gasteiger partial charge in [-0.1, -0.05) is 11.6 Å². The standard InChI is InChI=1S/C24H26ClFN2O6/c1-2-32-21-12-16(6-9-20(21)33-15-23(30)28-10-4-3-5-11-28)24(31)34-14-22(29)27-19-8-7-17(25)13-18(19)26/h6-9,12-13H,2-5,10-11,14-15H2,1H3,(H,27,29). The molecule has 0 aromatic heterocycles. The van der Waals surface area contributed by atoms with Crippen LogP contribution in [-0.2, 0) is 14.3 Å². The maximum Gasteiger partial charge on any atom is 0.338 e. The Morgan fingerprint density at radius 2 is 1.76 bits per heavy atom. The van der Waals surface area contributed by atoms with Crippen molar-refractivity contribution in [2.24, 2.45) is 0 Å². The first-order valence-electron chi connectivity index (χ1n) is 11.0. The summed E-state index contributed by atoms with van der Waals surface area (Å²) in [6.07, 6.45) is 3.09. The summed E-state index contributed by atoms with van der Waals surface area (Å²) in [5.74, 6) is -1.70. The monoisotopic (exact) mass is 492 g/mol. The van der Waals surface area contributed by atoms with Crippen molar-refractivity contribution in [1.82, 2.24) is 4.90 Å². The molecule has 0 spiro atoms. The van der Waals surface area contributed by atoms with E-state index in [0.29, 0.717) is 12.4 Å². The summed E-state index contributed by atoms with van der Waals surface area (Å²) >= 11 is 5.68. The van der Waals surface area contributed by atoms with Crippen molar-refractivity contribution in [3.63, 3.8) is 0 Å². The summed E-state index contributed by atoms with van der Waals surface area (Å²) in [5.41, 5.74) is 0.0494. The van der Waals surface area contributed by atoms with Crippen LogP contribution in [0.2, 0.25) is 5.02 Å². The number of nitrogens with one attached hydrogen (secondary N) is 1. The first-order valence-corrected chi connectivity index (χ1v) is 11.3. The molecule has 0 aliphatic carbocycles. The number of ether oxygens (including phenoxy) is 3. The van der Waals surface area contributed by atoms with Crippen molar-refractivity contribution in [3.05, 3.63) is 52.8 Å². The molecule has 1 heterocycles. The maximum atomic E-state index is 13.8. The molecular formula is C24H26ClFN2O6. The van der Waals surface area contributed by atoms with Crippen molar-refractivity contribution in [2.75, 3.05) is 38.2 Å². The molecule has 8 nitrogen and oxygen atoms in total. The molecule has 10 heteroatoms. The molecule has 1 aliphatic rings. The van der Waals surface area contributed by atoms with E-state index in [1.807, 2.05) is 0 Å². The lowest BCUT2D eigenvalue weighted by Gasteiger charge is -2.26. The predicted molar refractivity (Wildman–Crippen MR) is 124 cm³/mol. The van der Waals surface area contributed by atoms with Crippen molar-refractivity contribution < 1.29 is 33.0 Å². The molecule has 0 saturated carbocycles. The Morgan fingerprint density at radius 1 is 1.00 bits per heavy atom. The Balaban J connectivity index is 1.56. The molecule has 2 aromatic carbocycles. The zero-order chi connectivity index (χ0) is 24.5. The third-order valence-electron chi connectivity index (χ3n) is 5.08. The summed E-state index contributed by atoms with van der Waals surface area (Å²) in [6.45, 7) is 2.78. The van der Waals surface area contributed by atoms with Crippen LogP contribution in [0.3, 0.4) is 0 Å². The molecule has 182 valence electrons. The van der Waals surface area contributed by atoms with Gasteiger partial charge in [-0.2, -0.15) is 0 Å². The number of nitrogens with zero attached hydrogens (tertiary/aromatic N) is 1. The number of rotatable bonds is 9. The molecule has 3 rings (SSSR count). The number of likely N-dealkylation sites (tertiary alicyclic amines) is 1. The lowest BCUT2D eigenvalue weighted by atomic mass is 10.1. The van der Waals surface area contributed by atoms with Gasteiger partial charge in [0.15, 0.2) is 24.7 Å². The average Bonchev–Trinajstić information content (AvgIpc) is 2.84. The molecule has 0 unspecified atom stereocenters. The zero-order valence-electron chi connectivity index (χ0n) is 18.8. The van der Waals surface area contributed by atoms with Crippen LogP contribution in [0.25, 0.3) is 0 Å². The van der Waals surface area contributed by atoms with Gasteiger partial charge in [-0.15, -0.1) is 0 Å². The van der Waals surface area contributed by atoms with E-state index >= 15 is 0 Å². The van der Waals surface area contributed by atoms with Gasteiger partial charge in [0.1, 0.15) is 5.82 Å². The van der Waals surface area contributed by atoms with Crippen molar-refractivity contribution >= 4 is 35.1 Å². The first kappa shape index (κ1) is 25.3. The number of hydrogen-bond acceptors (Lipinski definition) is 6. The van der Waals surface area contributed by atoms with Gasteiger partial charge < -0.3 is 24.4 Å². The van der Waals surface area contributed by atoms with E-state index in [0.717, 1.165) is 38.4 Å². The second-order valence-electron chi connectivity index (χ2n) is 7.57. The fourth-order valence-corrected chi connectivity index (χ4v) is 3.55. The molecule has 0 atom stereocenters. The van der Waals surface area contributed by atoms with Gasteiger partial charge in [0.2, 0.25) is 0 Å². The van der Waals surface area contributed by atoms with Crippen LogP contribution >= 0.6 is 11.6 Å². The molecule has 0 radical (unpaired) electrons. The summed E-state index contributed by atoms with van der Waals surface area (Å²) in [6, 6.07) is 8.16. The predicted octanol–water partition coefficient (Wildman–Crippen LogP) is 4.06. The number of piperidine rings is 1. The molecule has 34 heavy (non-hydrogen) atoms. The highest BCUT2D eigenvalue weighted by Gasteiger charge is 2.19. The number of hydrogen-bond donors (Lipinski definition) is 1. The lowest BCUT2D eigenvalue weighted by molar-refractivity contribution is -0.134. The van der Waals surface area contributed by atoms with Crippen LogP contribution in [0.15, 0.2) is 36.4 Å². The molecule has 0 bridgehead atoms. The molecule has 1 saturated heterocycles. The van der Waals surface area contributed by atoms with Crippen LogP contribution in [-0.4, -0.2) is 55.6 Å². The normalized spacial score (nSPS) is 13.2. The van der Waals surface area contributed by atoms with Gasteiger partial charge in [-0.3, -0.25) is 9.59 Å².